The average molecular weight is 271 g/mol. The molecule has 1 aromatic rings. The third-order valence-corrected chi connectivity index (χ3v) is 3.43. The first-order valence-electron chi connectivity index (χ1n) is 5.12. The Morgan fingerprint density at radius 3 is 2.93 bits per heavy atom. The van der Waals surface area contributed by atoms with E-state index in [1.807, 2.05) is 18.3 Å². The lowest BCUT2D eigenvalue weighted by Crippen LogP contribution is -2.33. The standard InChI is InChI=1S/C11H15BrN2O/c12-9-1-2-10(14-6-9)5-11(7-13)3-4-15-8-11/h1-2,6H,3-5,7-8,13H2. The Morgan fingerprint density at radius 2 is 2.40 bits per heavy atom. The Morgan fingerprint density at radius 1 is 1.53 bits per heavy atom. The van der Waals surface area contributed by atoms with Crippen molar-refractivity contribution >= 4 is 15.9 Å². The molecule has 1 unspecified atom stereocenters. The van der Waals surface area contributed by atoms with Crippen molar-refractivity contribution in [2.24, 2.45) is 11.1 Å². The van der Waals surface area contributed by atoms with Gasteiger partial charge in [-0.1, -0.05) is 0 Å². The zero-order valence-corrected chi connectivity index (χ0v) is 10.2. The highest BCUT2D eigenvalue weighted by molar-refractivity contribution is 9.10. The lowest BCUT2D eigenvalue weighted by molar-refractivity contribution is 0.154. The first-order valence-corrected chi connectivity index (χ1v) is 5.92. The lowest BCUT2D eigenvalue weighted by Gasteiger charge is -2.24. The summed E-state index contributed by atoms with van der Waals surface area (Å²) in [6.07, 6.45) is 3.79. The van der Waals surface area contributed by atoms with Crippen LogP contribution in [0.2, 0.25) is 0 Å². The number of pyridine rings is 1. The van der Waals surface area contributed by atoms with E-state index in [0.717, 1.165) is 36.2 Å². The van der Waals surface area contributed by atoms with Crippen LogP contribution >= 0.6 is 15.9 Å². The number of ether oxygens (including phenoxy) is 1. The number of aromatic nitrogens is 1. The van der Waals surface area contributed by atoms with Crippen molar-refractivity contribution in [3.63, 3.8) is 0 Å². The minimum Gasteiger partial charge on any atom is -0.381 e. The Labute approximate surface area is 98.2 Å². The van der Waals surface area contributed by atoms with E-state index in [4.69, 9.17) is 10.5 Å². The van der Waals surface area contributed by atoms with Crippen molar-refractivity contribution in [2.45, 2.75) is 12.8 Å². The van der Waals surface area contributed by atoms with Gasteiger partial charge in [0.05, 0.1) is 6.61 Å². The fraction of sp³-hybridized carbons (Fsp3) is 0.545. The van der Waals surface area contributed by atoms with Crippen LogP contribution in [0.1, 0.15) is 12.1 Å². The summed E-state index contributed by atoms with van der Waals surface area (Å²) in [5, 5.41) is 0. The van der Waals surface area contributed by atoms with Gasteiger partial charge in [0, 0.05) is 34.9 Å². The van der Waals surface area contributed by atoms with E-state index in [0.29, 0.717) is 6.54 Å². The molecule has 2 heterocycles. The molecule has 4 heteroatoms. The Balaban J connectivity index is 2.09. The number of hydrogen-bond acceptors (Lipinski definition) is 3. The van der Waals surface area contributed by atoms with E-state index in [1.54, 1.807) is 0 Å². The minimum atomic E-state index is 0.112. The maximum atomic E-state index is 5.83. The van der Waals surface area contributed by atoms with Crippen molar-refractivity contribution < 1.29 is 4.74 Å². The summed E-state index contributed by atoms with van der Waals surface area (Å²) in [7, 11) is 0. The second-order valence-corrected chi connectivity index (χ2v) is 5.07. The molecule has 1 aliphatic heterocycles. The number of halogens is 1. The van der Waals surface area contributed by atoms with Crippen molar-refractivity contribution in [1.29, 1.82) is 0 Å². The van der Waals surface area contributed by atoms with Crippen molar-refractivity contribution in [3.05, 3.63) is 28.5 Å². The summed E-state index contributed by atoms with van der Waals surface area (Å²) < 4.78 is 6.44. The van der Waals surface area contributed by atoms with Gasteiger partial charge < -0.3 is 10.5 Å². The molecule has 0 amide bonds. The van der Waals surface area contributed by atoms with Gasteiger partial charge in [0.15, 0.2) is 0 Å². The summed E-state index contributed by atoms with van der Waals surface area (Å²) in [4.78, 5) is 4.38. The van der Waals surface area contributed by atoms with Gasteiger partial charge in [0.2, 0.25) is 0 Å². The predicted molar refractivity (Wildman–Crippen MR) is 62.6 cm³/mol. The van der Waals surface area contributed by atoms with Gasteiger partial charge in [-0.3, -0.25) is 4.98 Å². The van der Waals surface area contributed by atoms with Crippen LogP contribution in [0.15, 0.2) is 22.8 Å². The van der Waals surface area contributed by atoms with Gasteiger partial charge in [-0.2, -0.15) is 0 Å². The molecular weight excluding hydrogens is 256 g/mol. The monoisotopic (exact) mass is 270 g/mol. The van der Waals surface area contributed by atoms with Crippen LogP contribution in [0.3, 0.4) is 0 Å². The van der Waals surface area contributed by atoms with E-state index < -0.39 is 0 Å². The highest BCUT2D eigenvalue weighted by atomic mass is 79.9. The largest absolute Gasteiger partial charge is 0.381 e. The van der Waals surface area contributed by atoms with Gasteiger partial charge in [-0.15, -0.1) is 0 Å². The average Bonchev–Trinajstić information content (AvgIpc) is 2.71. The Bertz CT molecular complexity index is 320. The number of rotatable bonds is 3. The van der Waals surface area contributed by atoms with E-state index in [1.165, 1.54) is 0 Å². The fourth-order valence-corrected chi connectivity index (χ4v) is 2.15. The maximum absolute atomic E-state index is 5.83. The first-order chi connectivity index (χ1) is 7.24. The van der Waals surface area contributed by atoms with E-state index in [9.17, 15) is 0 Å². The molecule has 3 nitrogen and oxygen atoms in total. The van der Waals surface area contributed by atoms with Gasteiger partial charge in [-0.25, -0.2) is 0 Å². The highest BCUT2D eigenvalue weighted by Crippen LogP contribution is 2.31. The van der Waals surface area contributed by atoms with Crippen molar-refractivity contribution in [1.82, 2.24) is 4.98 Å². The number of hydrogen-bond donors (Lipinski definition) is 1. The van der Waals surface area contributed by atoms with Crippen LogP contribution in [0.5, 0.6) is 0 Å². The van der Waals surface area contributed by atoms with Crippen molar-refractivity contribution in [3.8, 4) is 0 Å². The molecule has 0 spiro atoms. The minimum absolute atomic E-state index is 0.112. The summed E-state index contributed by atoms with van der Waals surface area (Å²) in [5.41, 5.74) is 7.03. The second-order valence-electron chi connectivity index (χ2n) is 4.15. The SMILES string of the molecule is NCC1(Cc2ccc(Br)cn2)CCOC1. The van der Waals surface area contributed by atoms with Crippen LogP contribution in [0.25, 0.3) is 0 Å². The van der Waals surface area contributed by atoms with E-state index in [2.05, 4.69) is 20.9 Å². The summed E-state index contributed by atoms with van der Waals surface area (Å²) in [5.74, 6) is 0. The topological polar surface area (TPSA) is 48.1 Å². The second kappa shape index (κ2) is 4.60. The van der Waals surface area contributed by atoms with Crippen LogP contribution in [-0.2, 0) is 11.2 Å². The molecule has 2 rings (SSSR count). The quantitative estimate of drug-likeness (QED) is 0.911. The third-order valence-electron chi connectivity index (χ3n) is 2.96. The molecule has 0 saturated carbocycles. The van der Waals surface area contributed by atoms with Crippen LogP contribution < -0.4 is 5.73 Å². The van der Waals surface area contributed by atoms with Gasteiger partial charge in [0.1, 0.15) is 0 Å². The van der Waals surface area contributed by atoms with Gasteiger partial charge in [-0.05, 0) is 40.9 Å². The molecule has 0 radical (unpaired) electrons. The highest BCUT2D eigenvalue weighted by Gasteiger charge is 2.33. The molecule has 15 heavy (non-hydrogen) atoms. The van der Waals surface area contributed by atoms with Gasteiger partial charge in [0.25, 0.3) is 0 Å². The fourth-order valence-electron chi connectivity index (χ4n) is 1.92. The molecule has 0 aliphatic carbocycles. The molecular formula is C11H15BrN2O. The summed E-state index contributed by atoms with van der Waals surface area (Å²) in [6, 6.07) is 4.06. The van der Waals surface area contributed by atoms with Gasteiger partial charge >= 0.3 is 0 Å². The van der Waals surface area contributed by atoms with Crippen LogP contribution in [-0.4, -0.2) is 24.7 Å². The van der Waals surface area contributed by atoms with E-state index in [-0.39, 0.29) is 5.41 Å². The zero-order valence-electron chi connectivity index (χ0n) is 8.58. The molecule has 1 saturated heterocycles. The molecule has 0 aromatic carbocycles. The molecule has 2 N–H and O–H groups in total. The Kier molecular flexibility index (Phi) is 3.38. The number of nitrogens with zero attached hydrogens (tertiary/aromatic N) is 1. The smallest absolute Gasteiger partial charge is 0.0539 e. The molecule has 0 bridgehead atoms. The normalized spacial score (nSPS) is 25.7. The maximum Gasteiger partial charge on any atom is 0.0539 e. The first kappa shape index (κ1) is 11.0. The predicted octanol–water partition coefficient (Wildman–Crippen LogP) is 1.75. The third kappa shape index (κ3) is 2.56. The number of nitrogens with two attached hydrogens (primary N) is 1. The lowest BCUT2D eigenvalue weighted by atomic mass is 9.82. The van der Waals surface area contributed by atoms with Crippen LogP contribution in [0, 0.1) is 5.41 Å². The molecule has 1 aliphatic rings. The van der Waals surface area contributed by atoms with Crippen molar-refractivity contribution in [2.75, 3.05) is 19.8 Å². The van der Waals surface area contributed by atoms with Crippen LogP contribution in [0.4, 0.5) is 0 Å². The Hall–Kier alpha value is -0.450. The summed E-state index contributed by atoms with van der Waals surface area (Å²) >= 11 is 3.38. The van der Waals surface area contributed by atoms with E-state index >= 15 is 0 Å². The zero-order chi connectivity index (χ0) is 10.7. The summed E-state index contributed by atoms with van der Waals surface area (Å²) in [6.45, 7) is 2.26. The molecule has 1 aromatic heterocycles. The molecule has 1 atom stereocenters. The molecule has 82 valence electrons. The molecule has 1 fully saturated rings.